The molecule has 0 aromatic carbocycles. The fraction of sp³-hybridized carbons (Fsp3) is 0.400. The van der Waals surface area contributed by atoms with Crippen molar-refractivity contribution in [3.63, 3.8) is 0 Å². The van der Waals surface area contributed by atoms with Crippen molar-refractivity contribution in [3.8, 4) is 0 Å². The predicted molar refractivity (Wildman–Crippen MR) is 33.2 cm³/mol. The van der Waals surface area contributed by atoms with Crippen LogP contribution in [-0.2, 0) is 14.1 Å². The Morgan fingerprint density at radius 3 is 2.45 bits per heavy atom. The van der Waals surface area contributed by atoms with E-state index in [2.05, 4.69) is 0 Å². The zero-order valence-electron chi connectivity index (χ0n) is 6.19. The average molecular weight is 269 g/mol. The highest BCUT2D eigenvalue weighted by Crippen LogP contribution is 2.03. The van der Waals surface area contributed by atoms with Crippen molar-refractivity contribution >= 4 is 5.82 Å². The molecule has 1 heterocycles. The zero-order valence-corrected chi connectivity index (χ0v) is 8.35. The van der Waals surface area contributed by atoms with Gasteiger partial charge in [-0.25, -0.2) is 4.57 Å². The van der Waals surface area contributed by atoms with Gasteiger partial charge in [-0.1, -0.05) is 0 Å². The molecule has 0 N–H and O–H groups in total. The lowest BCUT2D eigenvalue weighted by molar-refractivity contribution is -0.672. The van der Waals surface area contributed by atoms with Crippen LogP contribution in [0.15, 0.2) is 12.5 Å². The Hall–Kier alpha value is -0.660. The van der Waals surface area contributed by atoms with Crippen LogP contribution in [-0.4, -0.2) is 9.49 Å². The summed E-state index contributed by atoms with van der Waals surface area (Å²) in [5.41, 5.74) is 0. The quantitative estimate of drug-likeness (QED) is 0.233. The van der Waals surface area contributed by atoms with E-state index in [1.165, 1.54) is 10.8 Å². The molecule has 11 heavy (non-hydrogen) atoms. The molecular formula is C5H8IN3O2. The van der Waals surface area contributed by atoms with Gasteiger partial charge in [0.05, 0.1) is 14.1 Å². The minimum Gasteiger partial charge on any atom is -1.00 e. The summed E-state index contributed by atoms with van der Waals surface area (Å²) >= 11 is 0. The number of aromatic nitrogens is 2. The molecule has 1 rings (SSSR count). The van der Waals surface area contributed by atoms with E-state index in [1.54, 1.807) is 25.0 Å². The van der Waals surface area contributed by atoms with Gasteiger partial charge in [-0.05, 0) is 4.92 Å². The van der Waals surface area contributed by atoms with E-state index in [0.29, 0.717) is 0 Å². The lowest BCUT2D eigenvalue weighted by atomic mass is 10.7. The van der Waals surface area contributed by atoms with Gasteiger partial charge in [0.1, 0.15) is 0 Å². The average Bonchev–Trinajstić information content (AvgIpc) is 2.10. The highest BCUT2D eigenvalue weighted by molar-refractivity contribution is 5.09. The number of nitrogens with zero attached hydrogens (tertiary/aromatic N) is 3. The molecule has 62 valence electrons. The largest absolute Gasteiger partial charge is 1.00 e. The van der Waals surface area contributed by atoms with Crippen LogP contribution in [0.3, 0.4) is 0 Å². The first-order chi connectivity index (χ1) is 4.61. The number of aryl methyl sites for hydroxylation is 2. The van der Waals surface area contributed by atoms with Crippen LogP contribution >= 0.6 is 0 Å². The topological polar surface area (TPSA) is 52.0 Å². The Labute approximate surface area is 80.8 Å². The molecule has 0 saturated heterocycles. The van der Waals surface area contributed by atoms with E-state index in [1.807, 2.05) is 0 Å². The van der Waals surface area contributed by atoms with Crippen molar-refractivity contribution in [2.75, 3.05) is 0 Å². The molecule has 0 spiro atoms. The maximum Gasteiger partial charge on any atom is 0.364 e. The third-order valence-corrected chi connectivity index (χ3v) is 1.22. The molecule has 0 atom stereocenters. The summed E-state index contributed by atoms with van der Waals surface area (Å²) in [7, 11) is 3.38. The molecule has 1 aromatic rings. The summed E-state index contributed by atoms with van der Waals surface area (Å²) in [5, 5.41) is 10.2. The molecule has 0 unspecified atom stereocenters. The van der Waals surface area contributed by atoms with Crippen LogP contribution in [0.5, 0.6) is 0 Å². The molecule has 0 aliphatic carbocycles. The highest BCUT2D eigenvalue weighted by Gasteiger charge is 2.11. The zero-order chi connectivity index (χ0) is 7.72. The summed E-state index contributed by atoms with van der Waals surface area (Å²) < 4.78 is 3.10. The van der Waals surface area contributed by atoms with Crippen molar-refractivity contribution in [2.24, 2.45) is 14.1 Å². The van der Waals surface area contributed by atoms with E-state index in [-0.39, 0.29) is 29.8 Å². The van der Waals surface area contributed by atoms with Crippen LogP contribution < -0.4 is 28.5 Å². The predicted octanol–water partition coefficient (Wildman–Crippen LogP) is -3.24. The summed E-state index contributed by atoms with van der Waals surface area (Å²) in [6.07, 6.45) is 3.10. The van der Waals surface area contributed by atoms with Gasteiger partial charge in [0.2, 0.25) is 6.33 Å². The molecule has 0 aliphatic rings. The molecule has 0 bridgehead atoms. The standard InChI is InChI=1S/C5H8N3O2.HI/c1-6-3-5(8(9)10)7(2)4-6;/h3-4H,1-2H3;1H/q+1;/p-1. The number of rotatable bonds is 1. The van der Waals surface area contributed by atoms with E-state index in [4.69, 9.17) is 0 Å². The van der Waals surface area contributed by atoms with Crippen LogP contribution in [0.2, 0.25) is 0 Å². The smallest absolute Gasteiger partial charge is 0.364 e. The Morgan fingerprint density at radius 1 is 1.73 bits per heavy atom. The minimum atomic E-state index is -0.417. The lowest BCUT2D eigenvalue weighted by Gasteiger charge is -1.88. The Kier molecular flexibility index (Phi) is 3.43. The second-order valence-corrected chi connectivity index (χ2v) is 2.14. The molecule has 0 aliphatic heterocycles. The first kappa shape index (κ1) is 10.3. The van der Waals surface area contributed by atoms with Gasteiger partial charge in [-0.3, -0.25) is 0 Å². The Morgan fingerprint density at radius 2 is 2.27 bits per heavy atom. The molecule has 5 nitrogen and oxygen atoms in total. The fourth-order valence-corrected chi connectivity index (χ4v) is 0.815. The van der Waals surface area contributed by atoms with Gasteiger partial charge in [0.25, 0.3) is 0 Å². The van der Waals surface area contributed by atoms with Gasteiger partial charge in [0.15, 0.2) is 6.20 Å². The van der Waals surface area contributed by atoms with Gasteiger partial charge in [-0.15, -0.1) is 0 Å². The van der Waals surface area contributed by atoms with E-state index in [0.717, 1.165) is 0 Å². The molecule has 0 radical (unpaired) electrons. The van der Waals surface area contributed by atoms with Gasteiger partial charge < -0.3 is 34.1 Å². The van der Waals surface area contributed by atoms with Crippen molar-refractivity contribution in [1.82, 2.24) is 4.57 Å². The third-order valence-electron chi connectivity index (χ3n) is 1.22. The van der Waals surface area contributed by atoms with Gasteiger partial charge in [0, 0.05) is 0 Å². The van der Waals surface area contributed by atoms with Gasteiger partial charge >= 0.3 is 5.82 Å². The fourth-order valence-electron chi connectivity index (χ4n) is 0.815. The molecular weight excluding hydrogens is 261 g/mol. The Bertz CT molecular complexity index is 271. The normalized spacial score (nSPS) is 8.91. The lowest BCUT2D eigenvalue weighted by Crippen LogP contribution is -3.00. The molecule has 0 fully saturated rings. The number of hydrogen-bond acceptors (Lipinski definition) is 2. The summed E-state index contributed by atoms with van der Waals surface area (Å²) in [6, 6.07) is 0. The van der Waals surface area contributed by atoms with E-state index >= 15 is 0 Å². The van der Waals surface area contributed by atoms with Crippen LogP contribution in [0, 0.1) is 10.1 Å². The molecule has 0 amide bonds. The minimum absolute atomic E-state index is 0. The number of nitro groups is 1. The van der Waals surface area contributed by atoms with E-state index in [9.17, 15) is 10.1 Å². The van der Waals surface area contributed by atoms with Crippen LogP contribution in [0.4, 0.5) is 5.82 Å². The maximum absolute atomic E-state index is 10.2. The monoisotopic (exact) mass is 269 g/mol. The van der Waals surface area contributed by atoms with Crippen LogP contribution in [0.25, 0.3) is 0 Å². The van der Waals surface area contributed by atoms with Crippen LogP contribution in [0.1, 0.15) is 0 Å². The Balaban J connectivity index is 0.000001000. The van der Waals surface area contributed by atoms with Crippen molar-refractivity contribution in [1.29, 1.82) is 0 Å². The number of hydrogen-bond donors (Lipinski definition) is 0. The molecule has 0 saturated carbocycles. The number of halogens is 1. The third kappa shape index (κ3) is 2.14. The summed E-state index contributed by atoms with van der Waals surface area (Å²) in [4.78, 5) is 9.79. The van der Waals surface area contributed by atoms with E-state index < -0.39 is 4.92 Å². The molecule has 1 aromatic heterocycles. The van der Waals surface area contributed by atoms with Gasteiger partial charge in [-0.2, -0.15) is 4.57 Å². The summed E-state index contributed by atoms with van der Waals surface area (Å²) in [5.74, 6) is 0.0995. The highest BCUT2D eigenvalue weighted by atomic mass is 127. The number of imidazole rings is 1. The second-order valence-electron chi connectivity index (χ2n) is 2.14. The first-order valence-corrected chi connectivity index (χ1v) is 2.77. The van der Waals surface area contributed by atoms with Crippen molar-refractivity contribution in [2.45, 2.75) is 0 Å². The molecule has 6 heteroatoms. The van der Waals surface area contributed by atoms with Crippen molar-refractivity contribution in [3.05, 3.63) is 22.6 Å². The second kappa shape index (κ2) is 3.65. The maximum atomic E-state index is 10.2. The SMILES string of the molecule is Cn1c[n+](C)cc1[N+](=O)[O-].[I-]. The summed E-state index contributed by atoms with van der Waals surface area (Å²) in [6.45, 7) is 0. The van der Waals surface area contributed by atoms with Crippen molar-refractivity contribution < 1.29 is 33.5 Å². The first-order valence-electron chi connectivity index (χ1n) is 2.77.